The van der Waals surface area contributed by atoms with Gasteiger partial charge in [-0.1, -0.05) is 11.6 Å². The Balaban J connectivity index is 2.08. The molecule has 0 bridgehead atoms. The first-order chi connectivity index (χ1) is 9.60. The molecule has 6 heteroatoms. The van der Waals surface area contributed by atoms with Gasteiger partial charge in [-0.3, -0.25) is 4.79 Å². The number of rotatable bonds is 5. The van der Waals surface area contributed by atoms with Crippen molar-refractivity contribution in [2.24, 2.45) is 0 Å². The number of methoxy groups -OCH3 is 1. The summed E-state index contributed by atoms with van der Waals surface area (Å²) in [6.45, 7) is 0.0815. The number of furan rings is 1. The number of ether oxygens (including phenoxy) is 2. The lowest BCUT2D eigenvalue weighted by atomic mass is 10.1. The van der Waals surface area contributed by atoms with Gasteiger partial charge in [0.15, 0.2) is 5.22 Å². The van der Waals surface area contributed by atoms with Gasteiger partial charge in [0.05, 0.1) is 7.11 Å². The van der Waals surface area contributed by atoms with Gasteiger partial charge in [-0.15, -0.1) is 0 Å². The number of halogens is 2. The molecule has 1 aromatic carbocycles. The van der Waals surface area contributed by atoms with Crippen LogP contribution in [0.2, 0.25) is 10.2 Å². The fourth-order valence-corrected chi connectivity index (χ4v) is 1.91. The van der Waals surface area contributed by atoms with Crippen LogP contribution in [0, 0.1) is 0 Å². The average molecular weight is 315 g/mol. The molecular weight excluding hydrogens is 303 g/mol. The first-order valence-electron chi connectivity index (χ1n) is 5.81. The fraction of sp³-hybridized carbons (Fsp3) is 0.214. The van der Waals surface area contributed by atoms with Crippen LogP contribution in [0.15, 0.2) is 40.8 Å². The van der Waals surface area contributed by atoms with Crippen molar-refractivity contribution in [3.05, 3.63) is 52.4 Å². The van der Waals surface area contributed by atoms with Crippen LogP contribution in [-0.2, 0) is 9.53 Å². The van der Waals surface area contributed by atoms with Gasteiger partial charge in [-0.2, -0.15) is 0 Å². The predicted molar refractivity (Wildman–Crippen MR) is 75.4 cm³/mol. The molecule has 1 heterocycles. The Morgan fingerprint density at radius 1 is 1.20 bits per heavy atom. The molecule has 0 radical (unpaired) electrons. The topological polar surface area (TPSA) is 48.7 Å². The molecule has 0 aliphatic carbocycles. The highest BCUT2D eigenvalue weighted by molar-refractivity contribution is 6.30. The highest BCUT2D eigenvalue weighted by atomic mass is 35.5. The van der Waals surface area contributed by atoms with Crippen molar-refractivity contribution in [2.45, 2.75) is 5.92 Å². The second-order valence-electron chi connectivity index (χ2n) is 3.98. The van der Waals surface area contributed by atoms with Crippen molar-refractivity contribution in [2.75, 3.05) is 13.7 Å². The first-order valence-corrected chi connectivity index (χ1v) is 6.57. The van der Waals surface area contributed by atoms with Crippen molar-refractivity contribution < 1.29 is 18.7 Å². The maximum absolute atomic E-state index is 11.8. The normalized spacial score (nSPS) is 11.9. The molecule has 1 aromatic heterocycles. The minimum Gasteiger partial charge on any atom is -0.492 e. The van der Waals surface area contributed by atoms with Crippen LogP contribution >= 0.6 is 23.2 Å². The van der Waals surface area contributed by atoms with E-state index in [4.69, 9.17) is 37.1 Å². The molecule has 20 heavy (non-hydrogen) atoms. The summed E-state index contributed by atoms with van der Waals surface area (Å²) in [6, 6.07) is 10.0. The van der Waals surface area contributed by atoms with Gasteiger partial charge < -0.3 is 13.9 Å². The third kappa shape index (κ3) is 3.68. The molecule has 1 unspecified atom stereocenters. The predicted octanol–water partition coefficient (Wildman–Crippen LogP) is 3.92. The first kappa shape index (κ1) is 14.8. The number of carbonyl (C=O) groups excluding carboxylic acids is 1. The minimum absolute atomic E-state index is 0.0815. The van der Waals surface area contributed by atoms with Crippen molar-refractivity contribution in [3.8, 4) is 5.75 Å². The molecule has 4 nitrogen and oxygen atoms in total. The number of esters is 1. The van der Waals surface area contributed by atoms with E-state index in [0.717, 1.165) is 0 Å². The molecule has 2 rings (SSSR count). The summed E-state index contributed by atoms with van der Waals surface area (Å²) in [5.74, 6) is -0.134. The Bertz CT molecular complexity index is 577. The molecule has 106 valence electrons. The highest BCUT2D eigenvalue weighted by Crippen LogP contribution is 2.24. The van der Waals surface area contributed by atoms with Gasteiger partial charge in [0.1, 0.15) is 24.0 Å². The zero-order chi connectivity index (χ0) is 14.5. The molecule has 1 atom stereocenters. The zero-order valence-corrected chi connectivity index (χ0v) is 12.1. The standard InChI is InChI=1S/C14H12Cl2O4/c1-18-14(17)11(12-6-7-13(16)20-12)8-19-10-4-2-9(15)3-5-10/h2-7,11H,8H2,1H3. The molecule has 2 aromatic rings. The van der Waals surface area contributed by atoms with Crippen LogP contribution < -0.4 is 4.74 Å². The third-order valence-corrected chi connectivity index (χ3v) is 3.11. The van der Waals surface area contributed by atoms with Crippen LogP contribution in [0.25, 0.3) is 0 Å². The molecule has 0 amide bonds. The van der Waals surface area contributed by atoms with Crippen LogP contribution in [0.1, 0.15) is 11.7 Å². The smallest absolute Gasteiger partial charge is 0.319 e. The van der Waals surface area contributed by atoms with Gasteiger partial charge in [-0.05, 0) is 48.0 Å². The number of benzene rings is 1. The van der Waals surface area contributed by atoms with Crippen LogP contribution in [-0.4, -0.2) is 19.7 Å². The molecular formula is C14H12Cl2O4. The van der Waals surface area contributed by atoms with E-state index in [1.807, 2.05) is 0 Å². The summed E-state index contributed by atoms with van der Waals surface area (Å²) >= 11 is 11.5. The number of carbonyl (C=O) groups is 1. The number of hydrogen-bond donors (Lipinski definition) is 0. The molecule has 0 spiro atoms. The van der Waals surface area contributed by atoms with Crippen LogP contribution in [0.4, 0.5) is 0 Å². The van der Waals surface area contributed by atoms with E-state index in [2.05, 4.69) is 0 Å². The van der Waals surface area contributed by atoms with E-state index >= 15 is 0 Å². The zero-order valence-electron chi connectivity index (χ0n) is 10.6. The summed E-state index contributed by atoms with van der Waals surface area (Å²) in [7, 11) is 1.31. The van der Waals surface area contributed by atoms with Gasteiger partial charge in [0.25, 0.3) is 0 Å². The molecule has 0 aliphatic rings. The maximum Gasteiger partial charge on any atom is 0.319 e. The molecule has 0 saturated carbocycles. The summed E-state index contributed by atoms with van der Waals surface area (Å²) < 4.78 is 15.5. The summed E-state index contributed by atoms with van der Waals surface area (Å²) in [4.78, 5) is 11.8. The highest BCUT2D eigenvalue weighted by Gasteiger charge is 2.26. The van der Waals surface area contributed by atoms with E-state index in [1.165, 1.54) is 7.11 Å². The Labute approximate surface area is 126 Å². The van der Waals surface area contributed by atoms with Crippen LogP contribution in [0.5, 0.6) is 5.75 Å². The lowest BCUT2D eigenvalue weighted by Crippen LogP contribution is -2.20. The second-order valence-corrected chi connectivity index (χ2v) is 4.79. The molecule has 0 aliphatic heterocycles. The summed E-state index contributed by atoms with van der Waals surface area (Å²) in [5, 5.41) is 0.820. The van der Waals surface area contributed by atoms with Crippen molar-refractivity contribution in [3.63, 3.8) is 0 Å². The molecule has 0 saturated heterocycles. The van der Waals surface area contributed by atoms with Gasteiger partial charge in [0.2, 0.25) is 0 Å². The lowest BCUT2D eigenvalue weighted by molar-refractivity contribution is -0.143. The van der Waals surface area contributed by atoms with Crippen molar-refractivity contribution in [1.82, 2.24) is 0 Å². The monoisotopic (exact) mass is 314 g/mol. The molecule has 0 N–H and O–H groups in total. The van der Waals surface area contributed by atoms with Gasteiger partial charge in [0, 0.05) is 5.02 Å². The Morgan fingerprint density at radius 3 is 2.45 bits per heavy atom. The maximum atomic E-state index is 11.8. The molecule has 0 fully saturated rings. The summed E-state index contributed by atoms with van der Waals surface area (Å²) in [6.07, 6.45) is 0. The second kappa shape index (κ2) is 6.68. The largest absolute Gasteiger partial charge is 0.492 e. The third-order valence-electron chi connectivity index (χ3n) is 2.65. The summed E-state index contributed by atoms with van der Waals surface area (Å²) in [5.41, 5.74) is 0. The Kier molecular flexibility index (Phi) is 4.93. The quantitative estimate of drug-likeness (QED) is 0.785. The number of hydrogen-bond acceptors (Lipinski definition) is 4. The Hall–Kier alpha value is -1.65. The fourth-order valence-electron chi connectivity index (χ4n) is 1.63. The van der Waals surface area contributed by atoms with Crippen LogP contribution in [0.3, 0.4) is 0 Å². The lowest BCUT2D eigenvalue weighted by Gasteiger charge is -2.13. The van der Waals surface area contributed by atoms with E-state index in [0.29, 0.717) is 16.5 Å². The average Bonchev–Trinajstić information content (AvgIpc) is 2.87. The van der Waals surface area contributed by atoms with Crippen molar-refractivity contribution in [1.29, 1.82) is 0 Å². The van der Waals surface area contributed by atoms with E-state index in [9.17, 15) is 4.79 Å². The van der Waals surface area contributed by atoms with Gasteiger partial charge in [-0.25, -0.2) is 0 Å². The van der Waals surface area contributed by atoms with E-state index in [-0.39, 0.29) is 11.8 Å². The Morgan fingerprint density at radius 2 is 1.90 bits per heavy atom. The minimum atomic E-state index is -0.678. The SMILES string of the molecule is COC(=O)C(COc1ccc(Cl)cc1)c1ccc(Cl)o1. The van der Waals surface area contributed by atoms with Crippen molar-refractivity contribution >= 4 is 29.2 Å². The van der Waals surface area contributed by atoms with E-state index in [1.54, 1.807) is 36.4 Å². The van der Waals surface area contributed by atoms with E-state index < -0.39 is 11.9 Å². The van der Waals surface area contributed by atoms with Gasteiger partial charge >= 0.3 is 5.97 Å².